The first-order valence-corrected chi connectivity index (χ1v) is 7.20. The summed E-state index contributed by atoms with van der Waals surface area (Å²) < 4.78 is 43.7. The van der Waals surface area contributed by atoms with Gasteiger partial charge in [0.15, 0.2) is 12.1 Å². The summed E-state index contributed by atoms with van der Waals surface area (Å²) in [5.74, 6) is -2.15. The average molecular weight is 300 g/mol. The van der Waals surface area contributed by atoms with Crippen molar-refractivity contribution < 1.29 is 23.0 Å². The fourth-order valence-corrected chi connectivity index (χ4v) is 3.03. The van der Waals surface area contributed by atoms with Gasteiger partial charge in [-0.2, -0.15) is 0 Å². The zero-order valence-corrected chi connectivity index (χ0v) is 12.9. The Morgan fingerprint density at radius 1 is 1.33 bits per heavy atom. The SMILES string of the molecule is CCOC1CC(C(C)c2cc(F)cc(F)c2)C(C)(OC)O1. The predicted octanol–water partition coefficient (Wildman–Crippen LogP) is 3.83. The van der Waals surface area contributed by atoms with Gasteiger partial charge < -0.3 is 14.2 Å². The molecule has 1 aliphatic rings. The quantitative estimate of drug-likeness (QED) is 0.827. The summed E-state index contributed by atoms with van der Waals surface area (Å²) in [5.41, 5.74) is 0.599. The number of hydrogen-bond acceptors (Lipinski definition) is 3. The molecule has 0 radical (unpaired) electrons. The van der Waals surface area contributed by atoms with Crippen molar-refractivity contribution in [1.82, 2.24) is 0 Å². The molecule has 0 amide bonds. The Labute approximate surface area is 124 Å². The summed E-state index contributed by atoms with van der Waals surface area (Å²) in [6.45, 7) is 6.20. The summed E-state index contributed by atoms with van der Waals surface area (Å²) >= 11 is 0. The van der Waals surface area contributed by atoms with E-state index >= 15 is 0 Å². The van der Waals surface area contributed by atoms with Crippen LogP contribution in [0.5, 0.6) is 0 Å². The Morgan fingerprint density at radius 2 is 1.95 bits per heavy atom. The van der Waals surface area contributed by atoms with Gasteiger partial charge in [-0.3, -0.25) is 0 Å². The molecule has 1 aromatic rings. The van der Waals surface area contributed by atoms with Gasteiger partial charge in [0.25, 0.3) is 0 Å². The largest absolute Gasteiger partial charge is 0.353 e. The number of hydrogen-bond donors (Lipinski definition) is 0. The van der Waals surface area contributed by atoms with Crippen LogP contribution in [0.25, 0.3) is 0 Å². The van der Waals surface area contributed by atoms with E-state index in [0.29, 0.717) is 18.6 Å². The first-order chi connectivity index (χ1) is 9.89. The standard InChI is InChI=1S/C16H22F2O3/c1-5-20-15-9-14(16(3,19-4)21-15)10(2)11-6-12(17)8-13(18)7-11/h6-8,10,14-15H,5,9H2,1-4H3. The van der Waals surface area contributed by atoms with Crippen LogP contribution in [-0.2, 0) is 14.2 Å². The van der Waals surface area contributed by atoms with Crippen LogP contribution in [0.4, 0.5) is 8.78 Å². The van der Waals surface area contributed by atoms with Crippen LogP contribution in [0, 0.1) is 17.6 Å². The Morgan fingerprint density at radius 3 is 2.48 bits per heavy atom. The van der Waals surface area contributed by atoms with E-state index in [9.17, 15) is 8.78 Å². The van der Waals surface area contributed by atoms with Crippen molar-refractivity contribution in [2.75, 3.05) is 13.7 Å². The van der Waals surface area contributed by atoms with Crippen molar-refractivity contribution in [2.24, 2.45) is 5.92 Å². The first-order valence-electron chi connectivity index (χ1n) is 7.20. The van der Waals surface area contributed by atoms with Gasteiger partial charge in [0, 0.05) is 32.1 Å². The maximum absolute atomic E-state index is 13.4. The van der Waals surface area contributed by atoms with Crippen molar-refractivity contribution in [1.29, 1.82) is 0 Å². The number of methoxy groups -OCH3 is 1. The van der Waals surface area contributed by atoms with Crippen LogP contribution in [0.2, 0.25) is 0 Å². The molecule has 1 fully saturated rings. The lowest BCUT2D eigenvalue weighted by Crippen LogP contribution is -2.37. The molecule has 0 spiro atoms. The Balaban J connectivity index is 2.25. The number of halogens is 2. The summed E-state index contributed by atoms with van der Waals surface area (Å²) in [5, 5.41) is 0. The summed E-state index contributed by atoms with van der Waals surface area (Å²) in [6, 6.07) is 3.59. The van der Waals surface area contributed by atoms with Crippen molar-refractivity contribution in [3.8, 4) is 0 Å². The second-order valence-corrected chi connectivity index (χ2v) is 5.56. The number of ether oxygens (including phenoxy) is 3. The van der Waals surface area contributed by atoms with E-state index in [4.69, 9.17) is 14.2 Å². The molecule has 0 aliphatic carbocycles. The molecular formula is C16H22F2O3. The van der Waals surface area contributed by atoms with Gasteiger partial charge in [-0.25, -0.2) is 8.78 Å². The lowest BCUT2D eigenvalue weighted by atomic mass is 9.81. The van der Waals surface area contributed by atoms with Crippen LogP contribution in [0.15, 0.2) is 18.2 Å². The van der Waals surface area contributed by atoms with Crippen LogP contribution in [0.1, 0.15) is 38.7 Å². The Bertz CT molecular complexity index is 474. The van der Waals surface area contributed by atoms with E-state index in [2.05, 4.69) is 0 Å². The molecule has 21 heavy (non-hydrogen) atoms. The highest BCUT2D eigenvalue weighted by atomic mass is 19.1. The minimum absolute atomic E-state index is 0.0553. The van der Waals surface area contributed by atoms with Crippen molar-refractivity contribution in [2.45, 2.75) is 45.2 Å². The smallest absolute Gasteiger partial charge is 0.171 e. The summed E-state index contributed by atoms with van der Waals surface area (Å²) in [6.07, 6.45) is 0.267. The van der Waals surface area contributed by atoms with E-state index in [1.807, 2.05) is 20.8 Å². The lowest BCUT2D eigenvalue weighted by Gasteiger charge is -2.32. The second kappa shape index (κ2) is 6.38. The van der Waals surface area contributed by atoms with Crippen LogP contribution < -0.4 is 0 Å². The predicted molar refractivity (Wildman–Crippen MR) is 74.8 cm³/mol. The highest BCUT2D eigenvalue weighted by Crippen LogP contribution is 2.45. The normalized spacial score (nSPS) is 30.6. The monoisotopic (exact) mass is 300 g/mol. The molecule has 0 N–H and O–H groups in total. The van der Waals surface area contributed by atoms with Crippen LogP contribution in [0.3, 0.4) is 0 Å². The maximum atomic E-state index is 13.4. The Kier molecular flexibility index (Phi) is 4.96. The van der Waals surface area contributed by atoms with E-state index in [1.54, 1.807) is 7.11 Å². The lowest BCUT2D eigenvalue weighted by molar-refractivity contribution is -0.263. The third kappa shape index (κ3) is 3.42. The molecular weight excluding hydrogens is 278 g/mol. The van der Waals surface area contributed by atoms with Gasteiger partial charge in [-0.1, -0.05) is 6.92 Å². The van der Waals surface area contributed by atoms with Gasteiger partial charge in [0.2, 0.25) is 0 Å². The molecule has 0 saturated carbocycles. The molecule has 4 unspecified atom stereocenters. The average Bonchev–Trinajstić information content (AvgIpc) is 2.75. The molecule has 0 bridgehead atoms. The zero-order valence-electron chi connectivity index (χ0n) is 12.9. The van der Waals surface area contributed by atoms with E-state index < -0.39 is 17.4 Å². The van der Waals surface area contributed by atoms with Crippen molar-refractivity contribution >= 4 is 0 Å². The van der Waals surface area contributed by atoms with Gasteiger partial charge in [0.1, 0.15) is 11.6 Å². The van der Waals surface area contributed by atoms with Gasteiger partial charge in [-0.15, -0.1) is 0 Å². The van der Waals surface area contributed by atoms with Crippen molar-refractivity contribution in [3.63, 3.8) is 0 Å². The maximum Gasteiger partial charge on any atom is 0.171 e. The highest BCUT2D eigenvalue weighted by Gasteiger charge is 2.48. The van der Waals surface area contributed by atoms with Crippen molar-refractivity contribution in [3.05, 3.63) is 35.4 Å². The Hall–Kier alpha value is -1.04. The fourth-order valence-electron chi connectivity index (χ4n) is 3.03. The van der Waals surface area contributed by atoms with Gasteiger partial charge in [0.05, 0.1) is 0 Å². The van der Waals surface area contributed by atoms with E-state index in [0.717, 1.165) is 6.07 Å². The van der Waals surface area contributed by atoms with Gasteiger partial charge in [-0.05, 0) is 37.5 Å². The third-order valence-electron chi connectivity index (χ3n) is 4.26. The summed E-state index contributed by atoms with van der Waals surface area (Å²) in [4.78, 5) is 0. The first kappa shape index (κ1) is 16.3. The minimum Gasteiger partial charge on any atom is -0.353 e. The molecule has 1 heterocycles. The molecule has 5 heteroatoms. The molecule has 1 aliphatic heterocycles. The molecule has 1 saturated heterocycles. The number of rotatable bonds is 5. The topological polar surface area (TPSA) is 27.7 Å². The third-order valence-corrected chi connectivity index (χ3v) is 4.26. The molecule has 3 nitrogen and oxygen atoms in total. The molecule has 2 rings (SSSR count). The van der Waals surface area contributed by atoms with E-state index in [-0.39, 0.29) is 18.1 Å². The molecule has 0 aromatic heterocycles. The second-order valence-electron chi connectivity index (χ2n) is 5.56. The van der Waals surface area contributed by atoms with Crippen LogP contribution >= 0.6 is 0 Å². The summed E-state index contributed by atoms with van der Waals surface area (Å²) in [7, 11) is 1.57. The number of benzene rings is 1. The molecule has 118 valence electrons. The van der Waals surface area contributed by atoms with E-state index in [1.165, 1.54) is 12.1 Å². The molecule has 1 aromatic carbocycles. The minimum atomic E-state index is -0.831. The van der Waals surface area contributed by atoms with Crippen LogP contribution in [-0.4, -0.2) is 25.8 Å². The fraction of sp³-hybridized carbons (Fsp3) is 0.625. The molecule has 4 atom stereocenters. The highest BCUT2D eigenvalue weighted by molar-refractivity contribution is 5.23. The zero-order chi connectivity index (χ0) is 15.6. The van der Waals surface area contributed by atoms with Gasteiger partial charge >= 0.3 is 0 Å².